The summed E-state index contributed by atoms with van der Waals surface area (Å²) in [5.41, 5.74) is 6.92. The van der Waals surface area contributed by atoms with Crippen LogP contribution in [0.3, 0.4) is 0 Å². The number of anilines is 1. The molecular formula is C17H20Cl3N3O3Zn. The number of nitrogens with two attached hydrogens (primary N) is 1. The molecule has 0 aliphatic heterocycles. The van der Waals surface area contributed by atoms with Crippen molar-refractivity contribution in [3.05, 3.63) is 48.0 Å². The van der Waals surface area contributed by atoms with Crippen molar-refractivity contribution >= 4 is 36.7 Å². The Labute approximate surface area is 180 Å². The number of hydrogen-bond acceptors (Lipinski definition) is 4. The predicted octanol–water partition coefficient (Wildman–Crippen LogP) is 0.960. The van der Waals surface area contributed by atoms with Crippen LogP contribution >= 0.6 is 19.4 Å². The van der Waals surface area contributed by atoms with Crippen molar-refractivity contribution in [1.29, 1.82) is 0 Å². The standard InChI is InChI=1S/C17H19N3O3.3ClH.Zn/c1-3-22-15-11-14(20-18)16(23-4-2)10-13(15)19-17(21)12-8-6-5-7-9-12;;;;/h5-11,18H,3-4H2,1-2H3,(H,19,21);3*1H;/q;;;;+2/p-2. The van der Waals surface area contributed by atoms with Gasteiger partial charge in [0.05, 0.1) is 18.9 Å². The molecule has 0 aliphatic rings. The molecule has 0 radical (unpaired) electrons. The Bertz CT molecular complexity index is 721. The van der Waals surface area contributed by atoms with Gasteiger partial charge < -0.3 is 27.2 Å². The van der Waals surface area contributed by atoms with Gasteiger partial charge in [0.2, 0.25) is 0 Å². The van der Waals surface area contributed by atoms with Crippen molar-refractivity contribution in [3.63, 3.8) is 0 Å². The summed E-state index contributed by atoms with van der Waals surface area (Å²) < 4.78 is 11.1. The molecular weight excluding hydrogens is 466 g/mol. The molecule has 6 nitrogen and oxygen atoms in total. The first-order valence-corrected chi connectivity index (χ1v) is 15.7. The Morgan fingerprint density at radius 2 is 1.67 bits per heavy atom. The van der Waals surface area contributed by atoms with Gasteiger partial charge in [-0.25, -0.2) is 0 Å². The van der Waals surface area contributed by atoms with E-state index in [0.717, 1.165) is 0 Å². The molecule has 2 rings (SSSR count). The normalized spacial score (nSPS) is 8.89. The molecule has 0 fully saturated rings. The molecule has 1 amide bonds. The van der Waals surface area contributed by atoms with Crippen LogP contribution in [0.5, 0.6) is 11.5 Å². The van der Waals surface area contributed by atoms with E-state index in [2.05, 4.69) is 10.4 Å². The topological polar surface area (TPSA) is 85.5 Å². The van der Waals surface area contributed by atoms with E-state index in [1.54, 1.807) is 36.4 Å². The summed E-state index contributed by atoms with van der Waals surface area (Å²) in [5, 5.41) is 6.53. The second kappa shape index (κ2) is 14.6. The number of hydrogen-bond donors (Lipinski definition) is 2. The van der Waals surface area contributed by atoms with Gasteiger partial charge >= 0.3 is 34.5 Å². The first-order chi connectivity index (χ1) is 12.6. The third-order valence-electron chi connectivity index (χ3n) is 3.08. The summed E-state index contributed by atoms with van der Waals surface area (Å²) in [6.07, 6.45) is 0. The molecule has 27 heavy (non-hydrogen) atoms. The Morgan fingerprint density at radius 1 is 1.11 bits per heavy atom. The van der Waals surface area contributed by atoms with Crippen LogP contribution in [0.25, 0.3) is 0 Å². The van der Waals surface area contributed by atoms with Gasteiger partial charge in [0, 0.05) is 17.7 Å². The Balaban J connectivity index is 0.00000158. The summed E-state index contributed by atoms with van der Waals surface area (Å²) in [6.45, 7) is 4.63. The molecule has 2 aromatic carbocycles. The molecule has 0 saturated carbocycles. The molecule has 3 N–H and O–H groups in total. The van der Waals surface area contributed by atoms with E-state index in [9.17, 15) is 4.79 Å². The van der Waals surface area contributed by atoms with E-state index in [-0.39, 0.29) is 18.3 Å². The van der Waals surface area contributed by atoms with Gasteiger partial charge in [-0.05, 0) is 31.1 Å². The third-order valence-corrected chi connectivity index (χ3v) is 3.08. The van der Waals surface area contributed by atoms with Gasteiger partial charge in [-0.15, -0.1) is 0 Å². The van der Waals surface area contributed by atoms with E-state index in [4.69, 9.17) is 34.4 Å². The number of ether oxygens (including phenoxy) is 2. The predicted molar refractivity (Wildman–Crippen MR) is 98.9 cm³/mol. The Morgan fingerprint density at radius 3 is 2.19 bits per heavy atom. The van der Waals surface area contributed by atoms with Crippen molar-refractivity contribution in [3.8, 4) is 11.5 Å². The maximum absolute atomic E-state index is 12.3. The molecule has 2 aromatic rings. The summed E-state index contributed by atoms with van der Waals surface area (Å²) in [6, 6.07) is 12.3. The second-order valence-electron chi connectivity index (χ2n) is 4.73. The van der Waals surface area contributed by atoms with Crippen LogP contribution in [0.4, 0.5) is 11.4 Å². The zero-order chi connectivity index (χ0) is 19.4. The monoisotopic (exact) mass is 483 g/mol. The van der Waals surface area contributed by atoms with Crippen molar-refractivity contribution in [1.82, 2.24) is 0 Å². The number of nitrogens with one attached hydrogen (secondary N) is 1. The molecule has 0 aliphatic carbocycles. The van der Waals surface area contributed by atoms with Crippen LogP contribution in [0, 0.1) is 0 Å². The van der Waals surface area contributed by atoms with Gasteiger partial charge in [0.25, 0.3) is 5.91 Å². The summed E-state index contributed by atoms with van der Waals surface area (Å²) in [7, 11) is 9.90. The van der Waals surface area contributed by atoms with Gasteiger partial charge in [-0.2, -0.15) is 5.53 Å². The molecule has 0 aromatic heterocycles. The fraction of sp³-hybridized carbons (Fsp3) is 0.235. The molecule has 0 heterocycles. The summed E-state index contributed by atoms with van der Waals surface area (Å²) >= 11 is -0.931. The zero-order valence-corrected chi connectivity index (χ0v) is 20.3. The minimum atomic E-state index is -0.931. The van der Waals surface area contributed by atoms with Crippen molar-refractivity contribution in [2.24, 2.45) is 5.11 Å². The second-order valence-corrected chi connectivity index (χ2v) is 9.36. The SMILES string of the molecule is CCOc1cc(NC(=O)c2ccccc2)c(OCC)cc1N=[NH2+].[Cl-].[Cl][Zn][Cl]. The first-order valence-electron chi connectivity index (χ1n) is 7.94. The van der Waals surface area contributed by atoms with Crippen LogP contribution in [-0.2, 0) is 15.1 Å². The van der Waals surface area contributed by atoms with E-state index in [1.807, 2.05) is 19.9 Å². The maximum atomic E-state index is 12.3. The van der Waals surface area contributed by atoms with Gasteiger partial charge in [0.1, 0.15) is 5.75 Å². The van der Waals surface area contributed by atoms with E-state index < -0.39 is 15.1 Å². The number of benzene rings is 2. The fourth-order valence-corrected chi connectivity index (χ4v) is 2.08. The quantitative estimate of drug-likeness (QED) is 0.452. The van der Waals surface area contributed by atoms with E-state index in [0.29, 0.717) is 41.7 Å². The van der Waals surface area contributed by atoms with Crippen molar-refractivity contribution in [2.75, 3.05) is 18.5 Å². The van der Waals surface area contributed by atoms with Crippen LogP contribution < -0.4 is 32.7 Å². The molecule has 0 saturated heterocycles. The van der Waals surface area contributed by atoms with E-state index in [1.165, 1.54) is 0 Å². The van der Waals surface area contributed by atoms with Gasteiger partial charge in [-0.3, -0.25) is 4.79 Å². The van der Waals surface area contributed by atoms with Crippen LogP contribution in [0.2, 0.25) is 0 Å². The number of carbonyl (C=O) groups excluding carboxylic acids is 1. The van der Waals surface area contributed by atoms with Crippen LogP contribution in [-0.4, -0.2) is 19.1 Å². The molecule has 10 heteroatoms. The number of halogens is 3. The third kappa shape index (κ3) is 8.44. The molecule has 0 atom stereocenters. The number of amides is 1. The van der Waals surface area contributed by atoms with Crippen molar-refractivity contribution in [2.45, 2.75) is 13.8 Å². The van der Waals surface area contributed by atoms with Crippen molar-refractivity contribution < 1.29 is 47.4 Å². The molecule has 0 bridgehead atoms. The zero-order valence-electron chi connectivity index (χ0n) is 15.0. The molecule has 0 unspecified atom stereocenters. The fourth-order valence-electron chi connectivity index (χ4n) is 2.08. The summed E-state index contributed by atoms with van der Waals surface area (Å²) in [5.74, 6) is 0.748. The van der Waals surface area contributed by atoms with Crippen LogP contribution in [0.15, 0.2) is 47.6 Å². The molecule has 144 valence electrons. The Kier molecular flexibility index (Phi) is 13.9. The number of rotatable bonds is 7. The average molecular weight is 486 g/mol. The Hall–Kier alpha value is -1.40. The van der Waals surface area contributed by atoms with E-state index >= 15 is 0 Å². The average Bonchev–Trinajstić information content (AvgIpc) is 2.65. The van der Waals surface area contributed by atoms with Gasteiger partial charge in [-0.1, -0.05) is 18.2 Å². The first kappa shape index (κ1) is 25.6. The number of carbonyl (C=O) groups is 1. The minimum absolute atomic E-state index is 0. The van der Waals surface area contributed by atoms with Gasteiger partial charge in [0.15, 0.2) is 11.4 Å². The number of nitrogens with zero attached hydrogens (tertiary/aromatic N) is 1. The summed E-state index contributed by atoms with van der Waals surface area (Å²) in [4.78, 5) is 12.3. The molecule has 0 spiro atoms. The van der Waals surface area contributed by atoms with Crippen LogP contribution in [0.1, 0.15) is 24.2 Å².